The lowest BCUT2D eigenvalue weighted by Gasteiger charge is -2.21. The number of ether oxygens (including phenoxy) is 1. The summed E-state index contributed by atoms with van der Waals surface area (Å²) in [4.78, 5) is 24.5. The van der Waals surface area contributed by atoms with Gasteiger partial charge in [0.2, 0.25) is 10.0 Å². The van der Waals surface area contributed by atoms with Gasteiger partial charge in [-0.3, -0.25) is 13.9 Å². The Hall–Kier alpha value is -3.70. The highest BCUT2D eigenvalue weighted by atomic mass is 79.9. The molecule has 2 N–H and O–H groups in total. The zero-order valence-corrected chi connectivity index (χ0v) is 22.7. The molecule has 0 radical (unpaired) electrons. The van der Waals surface area contributed by atoms with Crippen LogP contribution in [0.2, 0.25) is 0 Å². The maximum absolute atomic E-state index is 12.3. The molecule has 37 heavy (non-hydrogen) atoms. The first kappa shape index (κ1) is 27.9. The fourth-order valence-electron chi connectivity index (χ4n) is 3.28. The number of nitrogens with one attached hydrogen (secondary N) is 2. The zero-order valence-electron chi connectivity index (χ0n) is 20.3. The maximum Gasteiger partial charge on any atom is 0.260 e. The number of hydrazone groups is 1. The second kappa shape index (κ2) is 13.0. The lowest BCUT2D eigenvalue weighted by Crippen LogP contribution is -2.39. The van der Waals surface area contributed by atoms with Gasteiger partial charge in [0.25, 0.3) is 11.8 Å². The summed E-state index contributed by atoms with van der Waals surface area (Å²) in [6.07, 6.45) is 2.45. The minimum Gasteiger partial charge on any atom is -0.484 e. The van der Waals surface area contributed by atoms with Crippen molar-refractivity contribution in [2.45, 2.75) is 13.0 Å². The monoisotopic (exact) mass is 586 g/mol. The Morgan fingerprint density at radius 2 is 1.73 bits per heavy atom. The molecule has 0 bridgehead atoms. The van der Waals surface area contributed by atoms with Crippen LogP contribution >= 0.6 is 15.9 Å². The summed E-state index contributed by atoms with van der Waals surface area (Å²) in [5.41, 5.74) is 4.36. The van der Waals surface area contributed by atoms with Crippen molar-refractivity contribution >= 4 is 49.7 Å². The summed E-state index contributed by atoms with van der Waals surface area (Å²) in [5, 5.41) is 6.78. The average Bonchev–Trinajstić information content (AvgIpc) is 2.86. The Bertz CT molecular complexity index is 1350. The van der Waals surface area contributed by atoms with Gasteiger partial charge in [-0.1, -0.05) is 52.3 Å². The van der Waals surface area contributed by atoms with Gasteiger partial charge in [-0.15, -0.1) is 0 Å². The molecule has 194 valence electrons. The molecule has 3 aromatic rings. The van der Waals surface area contributed by atoms with Crippen LogP contribution < -0.4 is 19.8 Å². The van der Waals surface area contributed by atoms with E-state index in [0.717, 1.165) is 16.1 Å². The maximum atomic E-state index is 12.3. The van der Waals surface area contributed by atoms with Gasteiger partial charge in [-0.2, -0.15) is 5.10 Å². The molecule has 0 heterocycles. The van der Waals surface area contributed by atoms with Gasteiger partial charge in [-0.25, -0.2) is 13.8 Å². The SMILES string of the molecule is C[C@H](NC(=O)COc1ccc(/C=N\NC(=O)CN(c2cccc(Br)c2)S(C)(=O)=O)cc1)c1ccccc1. The lowest BCUT2D eigenvalue weighted by molar-refractivity contribution is -0.123. The van der Waals surface area contributed by atoms with E-state index in [1.807, 2.05) is 37.3 Å². The fourth-order valence-corrected chi connectivity index (χ4v) is 4.52. The Kier molecular flexibility index (Phi) is 9.81. The molecule has 9 nitrogen and oxygen atoms in total. The van der Waals surface area contributed by atoms with Gasteiger partial charge in [0.1, 0.15) is 12.3 Å². The van der Waals surface area contributed by atoms with Crippen LogP contribution in [0.4, 0.5) is 5.69 Å². The standard InChI is InChI=1S/C26H27BrN4O5S/c1-19(21-7-4-3-5-8-21)29-26(33)18-36-24-13-11-20(12-14-24)16-28-30-25(32)17-31(37(2,34)35)23-10-6-9-22(27)15-23/h3-16,19H,17-18H2,1-2H3,(H,29,33)(H,30,32)/b28-16-/t19-/m0/s1. The Balaban J connectivity index is 1.48. The number of anilines is 1. The van der Waals surface area contributed by atoms with Gasteiger partial charge in [0.15, 0.2) is 6.61 Å². The largest absolute Gasteiger partial charge is 0.484 e. The number of amides is 2. The number of rotatable bonds is 11. The second-order valence-corrected chi connectivity index (χ2v) is 10.9. The summed E-state index contributed by atoms with van der Waals surface area (Å²) in [6, 6.07) is 22.9. The third-order valence-electron chi connectivity index (χ3n) is 5.11. The smallest absolute Gasteiger partial charge is 0.260 e. The summed E-state index contributed by atoms with van der Waals surface area (Å²) < 4.78 is 31.6. The fraction of sp³-hybridized carbons (Fsp3) is 0.192. The van der Waals surface area contributed by atoms with Crippen molar-refractivity contribution in [1.82, 2.24) is 10.7 Å². The number of sulfonamides is 1. The van der Waals surface area contributed by atoms with E-state index in [4.69, 9.17) is 4.74 Å². The van der Waals surface area contributed by atoms with Crippen molar-refractivity contribution in [1.29, 1.82) is 0 Å². The van der Waals surface area contributed by atoms with Crippen LogP contribution in [0.3, 0.4) is 0 Å². The summed E-state index contributed by atoms with van der Waals surface area (Å²) in [7, 11) is -3.69. The number of carbonyl (C=O) groups is 2. The first-order chi connectivity index (χ1) is 17.6. The number of nitrogens with zero attached hydrogens (tertiary/aromatic N) is 2. The molecule has 0 spiro atoms. The molecule has 2 amide bonds. The van der Waals surface area contributed by atoms with E-state index in [2.05, 4.69) is 31.8 Å². The highest BCUT2D eigenvalue weighted by Crippen LogP contribution is 2.22. The topological polar surface area (TPSA) is 117 Å². The Morgan fingerprint density at radius 1 is 1.03 bits per heavy atom. The van der Waals surface area contributed by atoms with E-state index in [0.29, 0.717) is 21.5 Å². The molecule has 0 saturated heterocycles. The predicted octanol–water partition coefficient (Wildman–Crippen LogP) is 3.62. The molecule has 0 fully saturated rings. The van der Waals surface area contributed by atoms with Crippen LogP contribution in [0.15, 0.2) is 88.4 Å². The average molecular weight is 587 g/mol. The molecule has 11 heteroatoms. The third kappa shape index (κ3) is 9.03. The molecular formula is C26H27BrN4O5S. The van der Waals surface area contributed by atoms with Crippen LogP contribution in [0.25, 0.3) is 0 Å². The minimum atomic E-state index is -3.69. The number of hydrogen-bond donors (Lipinski definition) is 2. The minimum absolute atomic E-state index is 0.129. The van der Waals surface area contributed by atoms with Crippen molar-refractivity contribution in [2.75, 3.05) is 23.7 Å². The quantitative estimate of drug-likeness (QED) is 0.263. The van der Waals surface area contributed by atoms with Gasteiger partial charge >= 0.3 is 0 Å². The van der Waals surface area contributed by atoms with E-state index in [1.165, 1.54) is 6.21 Å². The molecule has 0 aliphatic heterocycles. The van der Waals surface area contributed by atoms with E-state index < -0.39 is 22.5 Å². The number of benzene rings is 3. The lowest BCUT2D eigenvalue weighted by atomic mass is 10.1. The molecule has 3 aromatic carbocycles. The van der Waals surface area contributed by atoms with Crippen molar-refractivity contribution in [3.05, 3.63) is 94.5 Å². The van der Waals surface area contributed by atoms with E-state index in [9.17, 15) is 18.0 Å². The summed E-state index contributed by atoms with van der Waals surface area (Å²) >= 11 is 3.30. The molecule has 0 saturated carbocycles. The van der Waals surface area contributed by atoms with Crippen LogP contribution in [-0.2, 0) is 19.6 Å². The number of halogens is 1. The molecular weight excluding hydrogens is 560 g/mol. The normalized spacial score (nSPS) is 12.1. The Labute approximate surface area is 224 Å². The molecule has 0 aromatic heterocycles. The second-order valence-electron chi connectivity index (χ2n) is 8.10. The highest BCUT2D eigenvalue weighted by Gasteiger charge is 2.20. The van der Waals surface area contributed by atoms with E-state index in [-0.39, 0.29) is 18.6 Å². The summed E-state index contributed by atoms with van der Waals surface area (Å²) in [6.45, 7) is 1.35. The molecule has 0 unspecified atom stereocenters. The molecule has 1 atom stereocenters. The first-order valence-electron chi connectivity index (χ1n) is 11.2. The van der Waals surface area contributed by atoms with Crippen molar-refractivity contribution in [3.8, 4) is 5.75 Å². The van der Waals surface area contributed by atoms with Crippen LogP contribution in [-0.4, -0.2) is 45.9 Å². The number of carbonyl (C=O) groups excluding carboxylic acids is 2. The van der Waals surface area contributed by atoms with Gasteiger partial charge < -0.3 is 10.1 Å². The van der Waals surface area contributed by atoms with Crippen LogP contribution in [0.1, 0.15) is 24.1 Å². The van der Waals surface area contributed by atoms with Crippen molar-refractivity contribution in [2.24, 2.45) is 5.10 Å². The van der Waals surface area contributed by atoms with E-state index >= 15 is 0 Å². The van der Waals surface area contributed by atoms with E-state index in [1.54, 1.807) is 48.5 Å². The molecule has 0 aliphatic rings. The van der Waals surface area contributed by atoms with Crippen molar-refractivity contribution in [3.63, 3.8) is 0 Å². The van der Waals surface area contributed by atoms with Crippen LogP contribution in [0, 0.1) is 0 Å². The first-order valence-corrected chi connectivity index (χ1v) is 13.9. The predicted molar refractivity (Wildman–Crippen MR) is 147 cm³/mol. The van der Waals surface area contributed by atoms with Crippen LogP contribution in [0.5, 0.6) is 5.75 Å². The third-order valence-corrected chi connectivity index (χ3v) is 6.75. The highest BCUT2D eigenvalue weighted by molar-refractivity contribution is 9.10. The summed E-state index contributed by atoms with van der Waals surface area (Å²) in [5.74, 6) is -0.338. The molecule has 3 rings (SSSR count). The van der Waals surface area contributed by atoms with Gasteiger partial charge in [-0.05, 0) is 60.5 Å². The zero-order chi connectivity index (χ0) is 26.8. The molecule has 0 aliphatic carbocycles. The van der Waals surface area contributed by atoms with Gasteiger partial charge in [0.05, 0.1) is 24.2 Å². The van der Waals surface area contributed by atoms with Crippen molar-refractivity contribution < 1.29 is 22.7 Å². The number of hydrogen-bond acceptors (Lipinski definition) is 6. The van der Waals surface area contributed by atoms with Gasteiger partial charge in [0, 0.05) is 4.47 Å². The Morgan fingerprint density at radius 3 is 2.38 bits per heavy atom.